The van der Waals surface area contributed by atoms with E-state index < -0.39 is 0 Å². The van der Waals surface area contributed by atoms with Crippen LogP contribution in [-0.2, 0) is 0 Å². The Morgan fingerprint density at radius 3 is 2.61 bits per heavy atom. The number of nitrogens with two attached hydrogens (primary N) is 1. The molecule has 1 aromatic carbocycles. The van der Waals surface area contributed by atoms with Gasteiger partial charge in [-0.05, 0) is 37.6 Å². The van der Waals surface area contributed by atoms with Crippen molar-refractivity contribution in [3.63, 3.8) is 0 Å². The summed E-state index contributed by atoms with van der Waals surface area (Å²) in [6.45, 7) is 4.65. The zero-order valence-corrected chi connectivity index (χ0v) is 10.7. The summed E-state index contributed by atoms with van der Waals surface area (Å²) in [6.07, 6.45) is 0.831. The van der Waals surface area contributed by atoms with Gasteiger partial charge >= 0.3 is 0 Å². The number of hydrogen-bond donors (Lipinski definition) is 1. The monoisotopic (exact) mass is 246 g/mol. The summed E-state index contributed by atoms with van der Waals surface area (Å²) in [7, 11) is 0. The molecule has 2 N–H and O–H groups in total. The second-order valence-corrected chi connectivity index (χ2v) is 4.09. The zero-order chi connectivity index (χ0) is 13.0. The summed E-state index contributed by atoms with van der Waals surface area (Å²) in [5, 5.41) is 4.04. The van der Waals surface area contributed by atoms with Crippen molar-refractivity contribution >= 4 is 0 Å². The highest BCUT2D eigenvalue weighted by atomic mass is 16.5. The third-order valence-corrected chi connectivity index (χ3v) is 2.79. The number of rotatable bonds is 5. The number of nitrogens with zero attached hydrogens (tertiary/aromatic N) is 1. The lowest BCUT2D eigenvalue weighted by Crippen LogP contribution is -2.06. The van der Waals surface area contributed by atoms with Crippen molar-refractivity contribution < 1.29 is 9.26 Å². The van der Waals surface area contributed by atoms with E-state index in [9.17, 15) is 0 Å². The van der Waals surface area contributed by atoms with Gasteiger partial charge in [-0.15, -0.1) is 0 Å². The molecule has 2 aromatic rings. The van der Waals surface area contributed by atoms with Crippen LogP contribution in [0.2, 0.25) is 0 Å². The Balaban J connectivity index is 2.18. The number of aromatic nitrogens is 1. The van der Waals surface area contributed by atoms with E-state index in [1.165, 1.54) is 0 Å². The van der Waals surface area contributed by atoms with Gasteiger partial charge in [0.15, 0.2) is 5.76 Å². The first kappa shape index (κ1) is 12.6. The molecule has 4 heteroatoms. The SMILES string of the molecule is CCOc1ccc(-c2cc(C(N)CC)on2)cc1. The first-order valence-electron chi connectivity index (χ1n) is 6.20. The first-order valence-corrected chi connectivity index (χ1v) is 6.20. The molecule has 0 aliphatic rings. The maximum Gasteiger partial charge on any atom is 0.154 e. The first-order chi connectivity index (χ1) is 8.74. The Morgan fingerprint density at radius 2 is 2.00 bits per heavy atom. The quantitative estimate of drug-likeness (QED) is 0.880. The van der Waals surface area contributed by atoms with Crippen molar-refractivity contribution in [2.75, 3.05) is 6.61 Å². The molecular formula is C14H18N2O2. The van der Waals surface area contributed by atoms with Gasteiger partial charge in [-0.1, -0.05) is 12.1 Å². The lowest BCUT2D eigenvalue weighted by Gasteiger charge is -2.02. The molecule has 1 aromatic heterocycles. The van der Waals surface area contributed by atoms with Gasteiger partial charge < -0.3 is 15.0 Å². The van der Waals surface area contributed by atoms with Gasteiger partial charge in [0.2, 0.25) is 0 Å². The predicted octanol–water partition coefficient (Wildman–Crippen LogP) is 3.15. The summed E-state index contributed by atoms with van der Waals surface area (Å²) in [4.78, 5) is 0. The van der Waals surface area contributed by atoms with Crippen LogP contribution in [0.3, 0.4) is 0 Å². The molecule has 0 radical (unpaired) electrons. The third-order valence-electron chi connectivity index (χ3n) is 2.79. The van der Waals surface area contributed by atoms with Crippen LogP contribution in [0.15, 0.2) is 34.9 Å². The van der Waals surface area contributed by atoms with E-state index in [2.05, 4.69) is 5.16 Å². The molecule has 0 aliphatic carbocycles. The van der Waals surface area contributed by atoms with E-state index in [4.69, 9.17) is 15.0 Å². The summed E-state index contributed by atoms with van der Waals surface area (Å²) in [6, 6.07) is 9.58. The highest BCUT2D eigenvalue weighted by molar-refractivity contribution is 5.59. The predicted molar refractivity (Wildman–Crippen MR) is 70.3 cm³/mol. The van der Waals surface area contributed by atoms with Crippen molar-refractivity contribution in [1.82, 2.24) is 5.16 Å². The molecule has 1 heterocycles. The molecule has 96 valence electrons. The zero-order valence-electron chi connectivity index (χ0n) is 10.7. The molecule has 1 atom stereocenters. The second kappa shape index (κ2) is 5.69. The highest BCUT2D eigenvalue weighted by Gasteiger charge is 2.11. The molecule has 0 aliphatic heterocycles. The van der Waals surface area contributed by atoms with Crippen molar-refractivity contribution in [3.05, 3.63) is 36.1 Å². The average molecular weight is 246 g/mol. The molecular weight excluding hydrogens is 228 g/mol. The van der Waals surface area contributed by atoms with Crippen LogP contribution in [0.4, 0.5) is 0 Å². The molecule has 0 fully saturated rings. The van der Waals surface area contributed by atoms with Crippen LogP contribution in [-0.4, -0.2) is 11.8 Å². The standard InChI is InChI=1S/C14H18N2O2/c1-3-12(15)14-9-13(16-18-14)10-5-7-11(8-6-10)17-4-2/h5-9,12H,3-4,15H2,1-2H3. The minimum absolute atomic E-state index is 0.0889. The normalized spacial score (nSPS) is 12.4. The molecule has 4 nitrogen and oxygen atoms in total. The van der Waals surface area contributed by atoms with Crippen LogP contribution in [0.1, 0.15) is 32.1 Å². The van der Waals surface area contributed by atoms with Gasteiger partial charge in [-0.3, -0.25) is 0 Å². The molecule has 1 unspecified atom stereocenters. The van der Waals surface area contributed by atoms with E-state index in [-0.39, 0.29) is 6.04 Å². The van der Waals surface area contributed by atoms with Crippen LogP contribution < -0.4 is 10.5 Å². The van der Waals surface area contributed by atoms with E-state index in [1.54, 1.807) is 0 Å². The molecule has 2 rings (SSSR count). The van der Waals surface area contributed by atoms with E-state index in [0.717, 1.165) is 29.2 Å². The van der Waals surface area contributed by atoms with Crippen LogP contribution >= 0.6 is 0 Å². The smallest absolute Gasteiger partial charge is 0.154 e. The fraction of sp³-hybridized carbons (Fsp3) is 0.357. The van der Waals surface area contributed by atoms with Gasteiger partial charge in [-0.2, -0.15) is 0 Å². The van der Waals surface area contributed by atoms with Crippen molar-refractivity contribution in [3.8, 4) is 17.0 Å². The van der Waals surface area contributed by atoms with E-state index >= 15 is 0 Å². The fourth-order valence-electron chi connectivity index (χ4n) is 1.69. The van der Waals surface area contributed by atoms with Gasteiger partial charge in [0, 0.05) is 11.6 Å². The van der Waals surface area contributed by atoms with Crippen molar-refractivity contribution in [2.24, 2.45) is 5.73 Å². The number of hydrogen-bond acceptors (Lipinski definition) is 4. The molecule has 0 amide bonds. The topological polar surface area (TPSA) is 61.3 Å². The van der Waals surface area contributed by atoms with Gasteiger partial charge in [0.25, 0.3) is 0 Å². The van der Waals surface area contributed by atoms with Gasteiger partial charge in [-0.25, -0.2) is 0 Å². The minimum Gasteiger partial charge on any atom is -0.494 e. The number of benzene rings is 1. The lowest BCUT2D eigenvalue weighted by molar-refractivity contribution is 0.340. The second-order valence-electron chi connectivity index (χ2n) is 4.09. The molecule has 0 spiro atoms. The summed E-state index contributed by atoms with van der Waals surface area (Å²) in [5.74, 6) is 1.58. The van der Waals surface area contributed by atoms with Gasteiger partial charge in [0.05, 0.1) is 12.6 Å². The Labute approximate surface area is 107 Å². The van der Waals surface area contributed by atoms with Crippen molar-refractivity contribution in [1.29, 1.82) is 0 Å². The highest BCUT2D eigenvalue weighted by Crippen LogP contribution is 2.24. The third kappa shape index (κ3) is 2.71. The Hall–Kier alpha value is -1.81. The van der Waals surface area contributed by atoms with E-state index in [0.29, 0.717) is 6.61 Å². The molecule has 0 bridgehead atoms. The minimum atomic E-state index is -0.0889. The Bertz CT molecular complexity index is 491. The number of ether oxygens (including phenoxy) is 1. The summed E-state index contributed by atoms with van der Waals surface area (Å²) < 4.78 is 10.6. The maximum absolute atomic E-state index is 5.90. The molecule has 18 heavy (non-hydrogen) atoms. The maximum atomic E-state index is 5.90. The average Bonchev–Trinajstić information content (AvgIpc) is 2.89. The van der Waals surface area contributed by atoms with Gasteiger partial charge in [0.1, 0.15) is 11.4 Å². The fourth-order valence-corrected chi connectivity index (χ4v) is 1.69. The molecule has 0 saturated carbocycles. The lowest BCUT2D eigenvalue weighted by atomic mass is 10.1. The molecule has 0 saturated heterocycles. The Morgan fingerprint density at radius 1 is 1.28 bits per heavy atom. The summed E-state index contributed by atoms with van der Waals surface area (Å²) in [5.41, 5.74) is 7.70. The van der Waals surface area contributed by atoms with Crippen molar-refractivity contribution in [2.45, 2.75) is 26.3 Å². The van der Waals surface area contributed by atoms with Crippen LogP contribution in [0, 0.1) is 0 Å². The van der Waals surface area contributed by atoms with Crippen LogP contribution in [0.25, 0.3) is 11.3 Å². The Kier molecular flexibility index (Phi) is 3.99. The van der Waals surface area contributed by atoms with Crippen LogP contribution in [0.5, 0.6) is 5.75 Å². The summed E-state index contributed by atoms with van der Waals surface area (Å²) >= 11 is 0. The van der Waals surface area contributed by atoms with E-state index in [1.807, 2.05) is 44.2 Å². The largest absolute Gasteiger partial charge is 0.494 e.